The van der Waals surface area contributed by atoms with Crippen LogP contribution in [0.25, 0.3) is 0 Å². The maximum atomic E-state index is 11.0. The number of hydrogen-bond acceptors (Lipinski definition) is 2. The molecule has 5 atom stereocenters. The molecule has 0 spiro atoms. The summed E-state index contributed by atoms with van der Waals surface area (Å²) in [5.41, 5.74) is 1.91. The smallest absolute Gasteiger partial charge is 0.130 e. The molecule has 2 fully saturated rings. The monoisotopic (exact) mass is 336 g/mol. The molecule has 0 heterocycles. The Morgan fingerprint density at radius 2 is 2.20 bits per heavy atom. The fraction of sp³-hybridized carbons (Fsp3) is 0.565. The average Bonchev–Trinajstić information content (AvgIpc) is 2.91. The van der Waals surface area contributed by atoms with Crippen molar-refractivity contribution < 1.29 is 9.84 Å². The third kappa shape index (κ3) is 2.36. The minimum absolute atomic E-state index is 0.118. The summed E-state index contributed by atoms with van der Waals surface area (Å²) in [4.78, 5) is 0. The number of terminal acetylenes is 1. The van der Waals surface area contributed by atoms with Crippen molar-refractivity contribution in [2.75, 3.05) is 6.61 Å². The predicted molar refractivity (Wildman–Crippen MR) is 101 cm³/mol. The Balaban J connectivity index is 1.63. The zero-order valence-corrected chi connectivity index (χ0v) is 15.1. The highest BCUT2D eigenvalue weighted by Crippen LogP contribution is 2.64. The number of rotatable bonds is 3. The van der Waals surface area contributed by atoms with E-state index in [1.165, 1.54) is 17.5 Å². The summed E-state index contributed by atoms with van der Waals surface area (Å²) in [7, 11) is 0. The molecule has 1 N–H and O–H groups in total. The predicted octanol–water partition coefficient (Wildman–Crippen LogP) is 4.47. The molecule has 0 amide bonds. The molecule has 2 heteroatoms. The molecule has 1 aromatic rings. The quantitative estimate of drug-likeness (QED) is 0.652. The van der Waals surface area contributed by atoms with Gasteiger partial charge in [-0.25, -0.2) is 0 Å². The summed E-state index contributed by atoms with van der Waals surface area (Å²) in [5, 5.41) is 11.0. The molecule has 25 heavy (non-hydrogen) atoms. The third-order valence-corrected chi connectivity index (χ3v) is 7.46. The van der Waals surface area contributed by atoms with Crippen molar-refractivity contribution in [2.45, 2.75) is 57.0 Å². The summed E-state index contributed by atoms with van der Waals surface area (Å²) in [6.07, 6.45) is 13.8. The van der Waals surface area contributed by atoms with E-state index in [2.05, 4.69) is 37.6 Å². The van der Waals surface area contributed by atoms with Crippen molar-refractivity contribution in [1.82, 2.24) is 0 Å². The minimum Gasteiger partial charge on any atom is -0.490 e. The van der Waals surface area contributed by atoms with E-state index < -0.39 is 5.60 Å². The Kier molecular flexibility index (Phi) is 3.96. The number of aliphatic hydroxyl groups is 1. The van der Waals surface area contributed by atoms with Crippen LogP contribution in [0.4, 0.5) is 0 Å². The van der Waals surface area contributed by atoms with Crippen LogP contribution in [-0.4, -0.2) is 17.3 Å². The van der Waals surface area contributed by atoms with Gasteiger partial charge in [0.05, 0.1) is 0 Å². The largest absolute Gasteiger partial charge is 0.490 e. The van der Waals surface area contributed by atoms with Crippen molar-refractivity contribution in [3.63, 3.8) is 0 Å². The van der Waals surface area contributed by atoms with Gasteiger partial charge in [-0.3, -0.25) is 0 Å². The summed E-state index contributed by atoms with van der Waals surface area (Å²) >= 11 is 0. The first-order chi connectivity index (χ1) is 12.0. The first kappa shape index (κ1) is 16.7. The maximum absolute atomic E-state index is 11.0. The standard InChI is InChI=1S/C23H28O2/c1-4-14-25-17-7-9-18-16(15-17)6-8-20-19(18)10-12-22(3)21(20)11-13-23(22,24)5-2/h2,4,7,9,15,19-21,24H,1,6,8,10-14H2,3H3/t19-,20-,21+,22+,23?/m1/s1. The molecule has 132 valence electrons. The maximum Gasteiger partial charge on any atom is 0.130 e. The first-order valence-electron chi connectivity index (χ1n) is 9.59. The van der Waals surface area contributed by atoms with E-state index in [0.29, 0.717) is 24.4 Å². The van der Waals surface area contributed by atoms with Crippen molar-refractivity contribution in [1.29, 1.82) is 0 Å². The summed E-state index contributed by atoms with van der Waals surface area (Å²) in [5.74, 6) is 5.49. The lowest BCUT2D eigenvalue weighted by Gasteiger charge is -2.52. The van der Waals surface area contributed by atoms with Gasteiger partial charge in [0.15, 0.2) is 0 Å². The van der Waals surface area contributed by atoms with E-state index in [0.717, 1.165) is 37.9 Å². The molecule has 4 rings (SSSR count). The fourth-order valence-electron chi connectivity index (χ4n) is 6.06. The zero-order valence-electron chi connectivity index (χ0n) is 15.1. The molecular weight excluding hydrogens is 308 g/mol. The van der Waals surface area contributed by atoms with Crippen LogP contribution in [0.5, 0.6) is 5.75 Å². The van der Waals surface area contributed by atoms with Crippen LogP contribution in [0.1, 0.15) is 56.1 Å². The van der Waals surface area contributed by atoms with Crippen LogP contribution in [0.2, 0.25) is 0 Å². The lowest BCUT2D eigenvalue weighted by atomic mass is 9.53. The second-order valence-corrected chi connectivity index (χ2v) is 8.38. The second-order valence-electron chi connectivity index (χ2n) is 8.38. The van der Waals surface area contributed by atoms with E-state index >= 15 is 0 Å². The lowest BCUT2D eigenvalue weighted by molar-refractivity contribution is -0.0646. The Morgan fingerprint density at radius 3 is 2.96 bits per heavy atom. The van der Waals surface area contributed by atoms with Gasteiger partial charge in [-0.2, -0.15) is 0 Å². The highest BCUT2D eigenvalue weighted by molar-refractivity contribution is 5.41. The second kappa shape index (κ2) is 5.92. The Labute approximate surface area is 151 Å². The van der Waals surface area contributed by atoms with Crippen LogP contribution < -0.4 is 4.74 Å². The molecule has 3 aliphatic carbocycles. The van der Waals surface area contributed by atoms with Gasteiger partial charge in [0, 0.05) is 5.41 Å². The van der Waals surface area contributed by atoms with Gasteiger partial charge in [0.1, 0.15) is 18.0 Å². The minimum atomic E-state index is -0.911. The Bertz CT molecular complexity index is 730. The first-order valence-corrected chi connectivity index (χ1v) is 9.59. The van der Waals surface area contributed by atoms with Crippen molar-refractivity contribution >= 4 is 0 Å². The molecular formula is C23H28O2. The van der Waals surface area contributed by atoms with Gasteiger partial charge >= 0.3 is 0 Å². The van der Waals surface area contributed by atoms with Crippen molar-refractivity contribution in [2.24, 2.45) is 17.3 Å². The number of hydrogen-bond donors (Lipinski definition) is 1. The highest BCUT2D eigenvalue weighted by Gasteiger charge is 2.61. The van der Waals surface area contributed by atoms with Gasteiger partial charge in [-0.1, -0.05) is 31.6 Å². The molecule has 1 unspecified atom stereocenters. The van der Waals surface area contributed by atoms with Crippen LogP contribution in [0.15, 0.2) is 30.9 Å². The topological polar surface area (TPSA) is 29.5 Å². The molecule has 0 radical (unpaired) electrons. The molecule has 3 aliphatic rings. The van der Waals surface area contributed by atoms with Crippen LogP contribution in [-0.2, 0) is 6.42 Å². The molecule has 0 aromatic heterocycles. The summed E-state index contributed by atoms with van der Waals surface area (Å²) in [6, 6.07) is 6.59. The van der Waals surface area contributed by atoms with Gasteiger partial charge in [-0.15, -0.1) is 6.42 Å². The van der Waals surface area contributed by atoms with Crippen molar-refractivity contribution in [3.05, 3.63) is 42.0 Å². The number of aryl methyl sites for hydroxylation is 1. The van der Waals surface area contributed by atoms with Gasteiger partial charge in [0.25, 0.3) is 0 Å². The molecule has 2 nitrogen and oxygen atoms in total. The fourth-order valence-corrected chi connectivity index (χ4v) is 6.06. The number of benzene rings is 1. The van der Waals surface area contributed by atoms with Gasteiger partial charge in [-0.05, 0) is 79.5 Å². The van der Waals surface area contributed by atoms with E-state index in [1.807, 2.05) is 0 Å². The van der Waals surface area contributed by atoms with E-state index in [-0.39, 0.29) is 5.41 Å². The van der Waals surface area contributed by atoms with Crippen LogP contribution in [0.3, 0.4) is 0 Å². The van der Waals surface area contributed by atoms with E-state index in [4.69, 9.17) is 11.2 Å². The normalized spacial score (nSPS) is 38.8. The zero-order chi connectivity index (χ0) is 17.7. The molecule has 0 saturated heterocycles. The SMILES string of the molecule is C#CC1(O)CC[C@H]2[C@@H]3CCc4cc(OCC=C)ccc4[C@H]3CC[C@@]21C. The number of fused-ring (bicyclic) bond motifs is 5. The molecule has 2 saturated carbocycles. The van der Waals surface area contributed by atoms with E-state index in [9.17, 15) is 5.11 Å². The van der Waals surface area contributed by atoms with Crippen LogP contribution >= 0.6 is 0 Å². The Morgan fingerprint density at radius 1 is 1.36 bits per heavy atom. The summed E-state index contributed by atoms with van der Waals surface area (Å²) in [6.45, 7) is 6.50. The third-order valence-electron chi connectivity index (χ3n) is 7.46. The number of ether oxygens (including phenoxy) is 1. The van der Waals surface area contributed by atoms with Gasteiger partial charge in [0.2, 0.25) is 0 Å². The van der Waals surface area contributed by atoms with Gasteiger partial charge < -0.3 is 9.84 Å². The molecule has 1 aromatic carbocycles. The molecule has 0 aliphatic heterocycles. The summed E-state index contributed by atoms with van der Waals surface area (Å²) < 4.78 is 5.71. The lowest BCUT2D eigenvalue weighted by Crippen LogP contribution is -2.50. The van der Waals surface area contributed by atoms with Crippen LogP contribution in [0, 0.1) is 29.6 Å². The average molecular weight is 336 g/mol. The van der Waals surface area contributed by atoms with E-state index in [1.54, 1.807) is 6.08 Å². The molecule has 0 bridgehead atoms. The Hall–Kier alpha value is -1.72. The van der Waals surface area contributed by atoms with Crippen molar-refractivity contribution in [3.8, 4) is 18.1 Å². The highest BCUT2D eigenvalue weighted by atomic mass is 16.5.